The number of amides is 1. The van der Waals surface area contributed by atoms with Crippen molar-refractivity contribution in [3.05, 3.63) is 95.8 Å². The second-order valence-corrected chi connectivity index (χ2v) is 10.1. The first kappa shape index (κ1) is 27.6. The lowest BCUT2D eigenvalue weighted by Gasteiger charge is -2.45. The van der Waals surface area contributed by atoms with Crippen molar-refractivity contribution in [2.75, 3.05) is 25.0 Å². The number of hydrogen-bond donors (Lipinski definition) is 2. The number of para-hydroxylation sites is 1. The summed E-state index contributed by atoms with van der Waals surface area (Å²) in [5.41, 5.74) is 4.62. The van der Waals surface area contributed by atoms with Gasteiger partial charge >= 0.3 is 0 Å². The van der Waals surface area contributed by atoms with Crippen LogP contribution >= 0.6 is 0 Å². The molecule has 0 atom stereocenters. The van der Waals surface area contributed by atoms with Crippen LogP contribution in [0.4, 0.5) is 11.4 Å². The maximum absolute atomic E-state index is 12.8. The number of hydrogen-bond acceptors (Lipinski definition) is 3. The lowest BCUT2D eigenvalue weighted by atomic mass is 9.79. The Morgan fingerprint density at radius 3 is 2.26 bits per heavy atom. The van der Waals surface area contributed by atoms with Crippen LogP contribution in [-0.2, 0) is 10.3 Å². The first-order valence-electron chi connectivity index (χ1n) is 14.1. The second-order valence-electron chi connectivity index (χ2n) is 10.1. The fraction of sp³-hybridized carbons (Fsp3) is 0.394. The quantitative estimate of drug-likeness (QED) is 0.327. The Morgan fingerprint density at radius 2 is 1.61 bits per heavy atom. The highest BCUT2D eigenvalue weighted by molar-refractivity contribution is 5.92. The van der Waals surface area contributed by atoms with Crippen molar-refractivity contribution in [1.82, 2.24) is 10.2 Å². The van der Waals surface area contributed by atoms with Crippen LogP contribution in [-0.4, -0.2) is 36.5 Å². The van der Waals surface area contributed by atoms with Crippen molar-refractivity contribution in [2.45, 2.75) is 64.0 Å². The molecule has 0 aromatic heterocycles. The maximum atomic E-state index is 12.8. The molecule has 1 heterocycles. The van der Waals surface area contributed by atoms with Crippen molar-refractivity contribution in [2.24, 2.45) is 0 Å². The lowest BCUT2D eigenvalue weighted by molar-refractivity contribution is -0.116. The minimum atomic E-state index is -0.236. The van der Waals surface area contributed by atoms with E-state index in [2.05, 4.69) is 44.6 Å². The molecule has 0 unspecified atom stereocenters. The van der Waals surface area contributed by atoms with Gasteiger partial charge in [-0.05, 0) is 60.6 Å². The topological polar surface area (TPSA) is 48.7 Å². The number of anilines is 1. The Balaban J connectivity index is 0.00000164. The first-order chi connectivity index (χ1) is 18.6. The zero-order chi connectivity index (χ0) is 26.8. The highest BCUT2D eigenvalue weighted by Gasteiger charge is 2.38. The zero-order valence-corrected chi connectivity index (χ0v) is 22.7. The SMILES string of the molecule is CC.[C-]#[N+]c1cccc(-c2ccc(C3(NCC(=O)Nc4ccccc4)CCN(C4CCCC4)CC3)cc2)c1. The number of piperidine rings is 1. The van der Waals surface area contributed by atoms with Crippen LogP contribution in [0.25, 0.3) is 16.0 Å². The van der Waals surface area contributed by atoms with E-state index in [1.54, 1.807) is 0 Å². The van der Waals surface area contributed by atoms with Crippen LogP contribution in [0, 0.1) is 6.57 Å². The highest BCUT2D eigenvalue weighted by Crippen LogP contribution is 2.37. The van der Waals surface area contributed by atoms with Gasteiger partial charge in [0.15, 0.2) is 5.69 Å². The van der Waals surface area contributed by atoms with Crippen molar-refractivity contribution in [1.29, 1.82) is 0 Å². The van der Waals surface area contributed by atoms with Gasteiger partial charge in [-0.3, -0.25) is 10.1 Å². The van der Waals surface area contributed by atoms with Gasteiger partial charge in [-0.2, -0.15) is 0 Å². The molecule has 0 radical (unpaired) electrons. The van der Waals surface area contributed by atoms with E-state index in [-0.39, 0.29) is 18.0 Å². The van der Waals surface area contributed by atoms with E-state index in [0.717, 1.165) is 48.8 Å². The summed E-state index contributed by atoms with van der Waals surface area (Å²) in [5.74, 6) is -0.0219. The number of nitrogens with zero attached hydrogens (tertiary/aromatic N) is 2. The lowest BCUT2D eigenvalue weighted by Crippen LogP contribution is -2.54. The van der Waals surface area contributed by atoms with E-state index in [1.807, 2.05) is 68.4 Å². The summed E-state index contributed by atoms with van der Waals surface area (Å²) in [6.45, 7) is 13.7. The Bertz CT molecular complexity index is 1200. The van der Waals surface area contributed by atoms with E-state index in [0.29, 0.717) is 5.69 Å². The van der Waals surface area contributed by atoms with E-state index in [4.69, 9.17) is 6.57 Å². The average Bonchev–Trinajstić information content (AvgIpc) is 3.53. The zero-order valence-electron chi connectivity index (χ0n) is 22.7. The summed E-state index contributed by atoms with van der Waals surface area (Å²) in [6.07, 6.45) is 7.29. The van der Waals surface area contributed by atoms with Crippen LogP contribution in [0.1, 0.15) is 57.9 Å². The molecule has 0 bridgehead atoms. The van der Waals surface area contributed by atoms with E-state index >= 15 is 0 Å². The highest BCUT2D eigenvalue weighted by atomic mass is 16.1. The Morgan fingerprint density at radius 1 is 0.921 bits per heavy atom. The molecule has 38 heavy (non-hydrogen) atoms. The molecule has 1 saturated carbocycles. The predicted molar refractivity (Wildman–Crippen MR) is 157 cm³/mol. The third-order valence-electron chi connectivity index (χ3n) is 7.88. The minimum Gasteiger partial charge on any atom is -0.325 e. The summed E-state index contributed by atoms with van der Waals surface area (Å²) < 4.78 is 0. The molecule has 3 aromatic rings. The predicted octanol–water partition coefficient (Wildman–Crippen LogP) is 7.39. The monoisotopic (exact) mass is 508 g/mol. The van der Waals surface area contributed by atoms with Gasteiger partial charge in [0.05, 0.1) is 13.1 Å². The molecule has 2 aliphatic rings. The van der Waals surface area contributed by atoms with Gasteiger partial charge < -0.3 is 10.2 Å². The summed E-state index contributed by atoms with van der Waals surface area (Å²) in [7, 11) is 0. The van der Waals surface area contributed by atoms with E-state index in [9.17, 15) is 4.79 Å². The Labute approximate surface area is 228 Å². The molecule has 1 amide bonds. The fourth-order valence-electron chi connectivity index (χ4n) is 5.82. The summed E-state index contributed by atoms with van der Waals surface area (Å²) >= 11 is 0. The second kappa shape index (κ2) is 13.4. The normalized spacial score (nSPS) is 17.2. The molecule has 5 rings (SSSR count). The number of carbonyl (C=O) groups is 1. The standard InChI is InChI=1S/C31H34N4O.C2H6/c1-32-28-11-7-8-25(22-28)24-14-16-26(17-15-24)31(18-20-35(21-19-31)29-12-5-6-13-29)33-23-30(36)34-27-9-3-2-4-10-27;1-2/h2-4,7-11,14-17,22,29,33H,5-6,12-13,18-21,23H2,(H,34,36);1-2H3. The minimum absolute atomic E-state index is 0.0219. The van der Waals surface area contributed by atoms with Crippen molar-refractivity contribution in [3.8, 4) is 11.1 Å². The van der Waals surface area contributed by atoms with Gasteiger partial charge in [0.1, 0.15) is 0 Å². The average molecular weight is 509 g/mol. The van der Waals surface area contributed by atoms with Gasteiger partial charge in [0.25, 0.3) is 0 Å². The van der Waals surface area contributed by atoms with Crippen LogP contribution in [0.5, 0.6) is 0 Å². The maximum Gasteiger partial charge on any atom is 0.238 e. The van der Waals surface area contributed by atoms with Gasteiger partial charge in [-0.25, -0.2) is 4.85 Å². The van der Waals surface area contributed by atoms with Gasteiger partial charge in [0.2, 0.25) is 5.91 Å². The molecule has 3 aromatic carbocycles. The molecule has 1 aliphatic carbocycles. The summed E-state index contributed by atoms with van der Waals surface area (Å²) in [4.78, 5) is 19.0. The van der Waals surface area contributed by atoms with Gasteiger partial charge in [-0.15, -0.1) is 0 Å². The third-order valence-corrected chi connectivity index (χ3v) is 7.88. The van der Waals surface area contributed by atoms with Crippen LogP contribution < -0.4 is 10.6 Å². The molecule has 1 saturated heterocycles. The van der Waals surface area contributed by atoms with Crippen molar-refractivity contribution < 1.29 is 4.79 Å². The molecular weight excluding hydrogens is 468 g/mol. The fourth-order valence-corrected chi connectivity index (χ4v) is 5.82. The molecule has 0 spiro atoms. The number of rotatable bonds is 7. The van der Waals surface area contributed by atoms with Crippen LogP contribution in [0.2, 0.25) is 0 Å². The van der Waals surface area contributed by atoms with E-state index < -0.39 is 0 Å². The largest absolute Gasteiger partial charge is 0.325 e. The van der Waals surface area contributed by atoms with Crippen LogP contribution in [0.3, 0.4) is 0 Å². The molecule has 5 nitrogen and oxygen atoms in total. The van der Waals surface area contributed by atoms with Gasteiger partial charge in [-0.1, -0.05) is 87.4 Å². The number of carbonyl (C=O) groups excluding carboxylic acids is 1. The smallest absolute Gasteiger partial charge is 0.238 e. The summed E-state index contributed by atoms with van der Waals surface area (Å²) in [5, 5.41) is 6.69. The number of likely N-dealkylation sites (tertiary alicyclic amines) is 1. The summed E-state index contributed by atoms with van der Waals surface area (Å²) in [6, 6.07) is 26.8. The Hall–Kier alpha value is -3.46. The molecule has 2 fully saturated rings. The first-order valence-corrected chi connectivity index (χ1v) is 14.1. The molecule has 5 heteroatoms. The molecule has 198 valence electrons. The number of nitrogens with one attached hydrogen (secondary N) is 2. The van der Waals surface area contributed by atoms with Crippen molar-refractivity contribution in [3.63, 3.8) is 0 Å². The van der Waals surface area contributed by atoms with Crippen molar-refractivity contribution >= 4 is 17.3 Å². The Kier molecular flexibility index (Phi) is 9.70. The van der Waals surface area contributed by atoms with Crippen LogP contribution in [0.15, 0.2) is 78.9 Å². The number of benzene rings is 3. The van der Waals surface area contributed by atoms with E-state index in [1.165, 1.54) is 31.2 Å². The molecular formula is C33H40N4O. The molecule has 2 N–H and O–H groups in total. The van der Waals surface area contributed by atoms with Gasteiger partial charge in [0, 0.05) is 30.4 Å². The molecule has 1 aliphatic heterocycles. The third kappa shape index (κ3) is 6.69.